The van der Waals surface area contributed by atoms with Crippen LogP contribution in [0.2, 0.25) is 0 Å². The maximum atomic E-state index is 4.98. The van der Waals surface area contributed by atoms with Crippen molar-refractivity contribution < 1.29 is 0 Å². The van der Waals surface area contributed by atoms with E-state index in [9.17, 15) is 0 Å². The monoisotopic (exact) mass is 288 g/mol. The van der Waals surface area contributed by atoms with Gasteiger partial charge in [-0.3, -0.25) is 0 Å². The Morgan fingerprint density at radius 1 is 1.10 bits per heavy atom. The fraction of sp³-hybridized carbons (Fsp3) is 0.684. The van der Waals surface area contributed by atoms with Gasteiger partial charge in [-0.25, -0.2) is 0 Å². The van der Waals surface area contributed by atoms with Crippen LogP contribution in [0.25, 0.3) is 0 Å². The molecule has 0 saturated heterocycles. The topological polar surface area (TPSA) is 0 Å². The lowest BCUT2D eigenvalue weighted by Gasteiger charge is -2.36. The summed E-state index contributed by atoms with van der Waals surface area (Å²) in [6, 6.07) is 0. The molecule has 110 valence electrons. The summed E-state index contributed by atoms with van der Waals surface area (Å²) in [7, 11) is 0. The molecule has 3 rings (SSSR count). The fourth-order valence-electron chi connectivity index (χ4n) is 4.22. The SMILES string of the molecule is CC1Cc2c3c(c(S)c(CC(C)(C)C)c21)CC(C)(C)C3. The molecule has 0 radical (unpaired) electrons. The van der Waals surface area contributed by atoms with Gasteiger partial charge in [-0.05, 0) is 70.2 Å². The normalized spacial score (nSPS) is 23.2. The van der Waals surface area contributed by atoms with Gasteiger partial charge in [0.05, 0.1) is 0 Å². The van der Waals surface area contributed by atoms with E-state index < -0.39 is 0 Å². The highest BCUT2D eigenvalue weighted by atomic mass is 32.1. The summed E-state index contributed by atoms with van der Waals surface area (Å²) in [6.07, 6.45) is 4.91. The summed E-state index contributed by atoms with van der Waals surface area (Å²) in [5.41, 5.74) is 8.90. The zero-order valence-corrected chi connectivity index (χ0v) is 14.7. The minimum atomic E-state index is 0.336. The van der Waals surface area contributed by atoms with Crippen LogP contribution in [0.15, 0.2) is 4.90 Å². The number of rotatable bonds is 1. The third-order valence-corrected chi connectivity index (χ3v) is 5.51. The second kappa shape index (κ2) is 4.29. The maximum absolute atomic E-state index is 4.98. The van der Waals surface area contributed by atoms with E-state index in [1.165, 1.54) is 24.2 Å². The Hall–Kier alpha value is -0.430. The first kappa shape index (κ1) is 14.5. The summed E-state index contributed by atoms with van der Waals surface area (Å²) in [6.45, 7) is 14.2. The minimum absolute atomic E-state index is 0.336. The van der Waals surface area contributed by atoms with Crippen LogP contribution in [-0.4, -0.2) is 0 Å². The van der Waals surface area contributed by atoms with Crippen molar-refractivity contribution in [3.8, 4) is 0 Å². The van der Waals surface area contributed by atoms with Gasteiger partial charge in [0.25, 0.3) is 0 Å². The second-order valence-corrected chi connectivity index (χ2v) is 9.48. The van der Waals surface area contributed by atoms with Crippen molar-refractivity contribution >= 4 is 12.6 Å². The van der Waals surface area contributed by atoms with E-state index in [-0.39, 0.29) is 0 Å². The molecule has 0 spiro atoms. The Balaban J connectivity index is 2.16. The highest BCUT2D eigenvalue weighted by Crippen LogP contribution is 2.51. The van der Waals surface area contributed by atoms with Crippen LogP contribution >= 0.6 is 12.6 Å². The third-order valence-electron chi connectivity index (χ3n) is 4.97. The van der Waals surface area contributed by atoms with Gasteiger partial charge in [0.1, 0.15) is 0 Å². The van der Waals surface area contributed by atoms with Gasteiger partial charge in [-0.15, -0.1) is 12.6 Å². The van der Waals surface area contributed by atoms with Gasteiger partial charge >= 0.3 is 0 Å². The third kappa shape index (κ3) is 2.22. The van der Waals surface area contributed by atoms with Gasteiger partial charge in [0, 0.05) is 4.90 Å². The standard InChI is InChI=1S/C19H28S/c1-11-7-12-13-9-19(5,6)10-14(13)17(20)15(16(11)12)8-18(2,3)4/h11,20H,7-10H2,1-6H3. The molecular weight excluding hydrogens is 260 g/mol. The molecule has 0 aliphatic heterocycles. The van der Waals surface area contributed by atoms with E-state index in [0.29, 0.717) is 10.8 Å². The van der Waals surface area contributed by atoms with Gasteiger partial charge in [-0.2, -0.15) is 0 Å². The average Bonchev–Trinajstić information content (AvgIpc) is 2.57. The Labute approximate surface area is 129 Å². The van der Waals surface area contributed by atoms with Crippen molar-refractivity contribution in [2.45, 2.75) is 78.0 Å². The molecule has 0 aromatic heterocycles. The molecule has 0 N–H and O–H groups in total. The van der Waals surface area contributed by atoms with Crippen molar-refractivity contribution in [3.05, 3.63) is 27.8 Å². The number of benzene rings is 1. The van der Waals surface area contributed by atoms with Gasteiger partial charge in [0.15, 0.2) is 0 Å². The first-order valence-electron chi connectivity index (χ1n) is 7.97. The van der Waals surface area contributed by atoms with Crippen molar-refractivity contribution in [1.82, 2.24) is 0 Å². The summed E-state index contributed by atoms with van der Waals surface area (Å²) in [4.78, 5) is 1.32. The maximum Gasteiger partial charge on any atom is 0.0110 e. The van der Waals surface area contributed by atoms with Gasteiger partial charge in [0.2, 0.25) is 0 Å². The van der Waals surface area contributed by atoms with Gasteiger partial charge < -0.3 is 0 Å². The summed E-state index contributed by atoms with van der Waals surface area (Å²) < 4.78 is 0. The van der Waals surface area contributed by atoms with Crippen LogP contribution in [0, 0.1) is 10.8 Å². The molecule has 0 saturated carbocycles. The molecule has 1 heteroatoms. The zero-order chi connectivity index (χ0) is 14.9. The van der Waals surface area contributed by atoms with Crippen LogP contribution in [-0.2, 0) is 25.7 Å². The quantitative estimate of drug-likeness (QED) is 0.662. The van der Waals surface area contributed by atoms with Gasteiger partial charge in [-0.1, -0.05) is 41.5 Å². The predicted molar refractivity (Wildman–Crippen MR) is 90.2 cm³/mol. The number of thiol groups is 1. The van der Waals surface area contributed by atoms with Crippen LogP contribution in [0.3, 0.4) is 0 Å². The summed E-state index contributed by atoms with van der Waals surface area (Å²) in [5.74, 6) is 0.738. The molecule has 1 unspecified atom stereocenters. The van der Waals surface area contributed by atoms with E-state index in [0.717, 1.165) is 12.3 Å². The molecule has 20 heavy (non-hydrogen) atoms. The molecule has 0 heterocycles. The molecule has 0 nitrogen and oxygen atoms in total. The molecule has 2 aliphatic rings. The number of hydrogen-bond donors (Lipinski definition) is 1. The Morgan fingerprint density at radius 2 is 1.70 bits per heavy atom. The predicted octanol–water partition coefficient (Wildman–Crippen LogP) is 5.35. The van der Waals surface area contributed by atoms with E-state index >= 15 is 0 Å². The van der Waals surface area contributed by atoms with Crippen LogP contribution in [0.4, 0.5) is 0 Å². The first-order valence-corrected chi connectivity index (χ1v) is 8.42. The smallest absolute Gasteiger partial charge is 0.0110 e. The van der Waals surface area contributed by atoms with Crippen molar-refractivity contribution in [3.63, 3.8) is 0 Å². The molecule has 0 fully saturated rings. The molecule has 1 atom stereocenters. The first-order chi connectivity index (χ1) is 9.09. The van der Waals surface area contributed by atoms with Crippen LogP contribution in [0.1, 0.15) is 75.3 Å². The van der Waals surface area contributed by atoms with E-state index in [1.807, 2.05) is 0 Å². The second-order valence-electron chi connectivity index (χ2n) is 9.04. The molecule has 1 aromatic carbocycles. The van der Waals surface area contributed by atoms with Crippen molar-refractivity contribution in [2.75, 3.05) is 0 Å². The van der Waals surface area contributed by atoms with Crippen molar-refractivity contribution in [1.29, 1.82) is 0 Å². The highest BCUT2D eigenvalue weighted by Gasteiger charge is 2.39. The zero-order valence-electron chi connectivity index (χ0n) is 13.9. The average molecular weight is 288 g/mol. The minimum Gasteiger partial charge on any atom is -0.143 e. The van der Waals surface area contributed by atoms with E-state index in [2.05, 4.69) is 41.5 Å². The largest absolute Gasteiger partial charge is 0.143 e. The lowest BCUT2D eigenvalue weighted by atomic mass is 9.70. The highest BCUT2D eigenvalue weighted by molar-refractivity contribution is 7.80. The Kier molecular flexibility index (Phi) is 3.11. The Morgan fingerprint density at radius 3 is 2.25 bits per heavy atom. The Bertz CT molecular complexity index is 573. The van der Waals surface area contributed by atoms with Crippen LogP contribution in [0.5, 0.6) is 0 Å². The fourth-order valence-corrected chi connectivity index (χ4v) is 4.63. The van der Waals surface area contributed by atoms with Crippen LogP contribution < -0.4 is 0 Å². The number of fused-ring (bicyclic) bond motifs is 3. The van der Waals surface area contributed by atoms with E-state index in [4.69, 9.17) is 12.6 Å². The summed E-state index contributed by atoms with van der Waals surface area (Å²) in [5, 5.41) is 0. The molecule has 0 amide bonds. The summed E-state index contributed by atoms with van der Waals surface area (Å²) >= 11 is 4.98. The molecule has 2 aliphatic carbocycles. The lowest BCUT2D eigenvalue weighted by Crippen LogP contribution is -2.23. The van der Waals surface area contributed by atoms with E-state index in [1.54, 1.807) is 27.8 Å². The number of hydrogen-bond acceptors (Lipinski definition) is 1. The van der Waals surface area contributed by atoms with Crippen molar-refractivity contribution in [2.24, 2.45) is 10.8 Å². The molecular formula is C19H28S. The molecule has 1 aromatic rings. The molecule has 0 bridgehead atoms. The lowest BCUT2D eigenvalue weighted by molar-refractivity contribution is 0.390.